The fraction of sp³-hybridized carbons (Fsp3) is 0.733. The van der Waals surface area contributed by atoms with Crippen LogP contribution in [0.25, 0.3) is 0 Å². The van der Waals surface area contributed by atoms with Crippen LogP contribution >= 0.6 is 0 Å². The second-order valence-electron chi connectivity index (χ2n) is 4.66. The smallest absolute Gasteiger partial charge is 0.0160 e. The molecule has 1 heteroatoms. The molecule has 0 heterocycles. The minimum absolute atomic E-state index is 0.844. The molecule has 0 aromatic rings. The third-order valence-corrected chi connectivity index (χ3v) is 2.88. The number of allylic oxidation sites excluding steroid dienone is 3. The second kappa shape index (κ2) is 10.9. The lowest BCUT2D eigenvalue weighted by Crippen LogP contribution is -2.16. The van der Waals surface area contributed by atoms with E-state index in [-0.39, 0.29) is 0 Å². The van der Waals surface area contributed by atoms with Crippen LogP contribution in [-0.4, -0.2) is 25.0 Å². The Morgan fingerprint density at radius 3 is 2.38 bits per heavy atom. The topological polar surface area (TPSA) is 3.24 Å². The fourth-order valence-corrected chi connectivity index (χ4v) is 1.59. The Morgan fingerprint density at radius 1 is 1.06 bits per heavy atom. The van der Waals surface area contributed by atoms with E-state index in [1.807, 2.05) is 0 Å². The first-order valence-corrected chi connectivity index (χ1v) is 6.69. The third kappa shape index (κ3) is 9.97. The monoisotopic (exact) mass is 223 g/mol. The van der Waals surface area contributed by atoms with Gasteiger partial charge in [0, 0.05) is 6.54 Å². The maximum atomic E-state index is 2.33. The average Bonchev–Trinajstić information content (AvgIpc) is 2.27. The molecule has 0 N–H and O–H groups in total. The van der Waals surface area contributed by atoms with Gasteiger partial charge in [-0.3, -0.25) is 0 Å². The molecular formula is C15H29N. The van der Waals surface area contributed by atoms with Crippen LogP contribution in [0, 0.1) is 5.92 Å². The van der Waals surface area contributed by atoms with Gasteiger partial charge in [-0.1, -0.05) is 57.9 Å². The van der Waals surface area contributed by atoms with Crippen LogP contribution in [0.2, 0.25) is 0 Å². The largest absolute Gasteiger partial charge is 0.303 e. The highest BCUT2D eigenvalue weighted by molar-refractivity contribution is 4.94. The predicted octanol–water partition coefficient (Wildman–Crippen LogP) is 4.27. The van der Waals surface area contributed by atoms with E-state index >= 15 is 0 Å². The van der Waals surface area contributed by atoms with Gasteiger partial charge in [0.25, 0.3) is 0 Å². The molecule has 0 radical (unpaired) electrons. The summed E-state index contributed by atoms with van der Waals surface area (Å²) in [6.45, 7) is 8.96. The summed E-state index contributed by atoms with van der Waals surface area (Å²) in [7, 11) is 2.15. The zero-order valence-electron chi connectivity index (χ0n) is 11.6. The third-order valence-electron chi connectivity index (χ3n) is 2.88. The lowest BCUT2D eigenvalue weighted by atomic mass is 10.0. The van der Waals surface area contributed by atoms with E-state index < -0.39 is 0 Å². The number of rotatable bonds is 9. The molecule has 0 aromatic heterocycles. The highest BCUT2D eigenvalue weighted by Crippen LogP contribution is 2.10. The van der Waals surface area contributed by atoms with Gasteiger partial charge in [0.1, 0.15) is 0 Å². The molecule has 0 aliphatic carbocycles. The summed E-state index contributed by atoms with van der Waals surface area (Å²) in [5, 5.41) is 0. The van der Waals surface area contributed by atoms with Crippen molar-refractivity contribution in [1.82, 2.24) is 4.90 Å². The van der Waals surface area contributed by atoms with Crippen molar-refractivity contribution in [2.24, 2.45) is 5.92 Å². The van der Waals surface area contributed by atoms with Crippen molar-refractivity contribution in [3.8, 4) is 0 Å². The number of hydrogen-bond acceptors (Lipinski definition) is 1. The van der Waals surface area contributed by atoms with Gasteiger partial charge in [0.05, 0.1) is 0 Å². The maximum absolute atomic E-state index is 2.33. The summed E-state index contributed by atoms with van der Waals surface area (Å²) >= 11 is 0. The lowest BCUT2D eigenvalue weighted by molar-refractivity contribution is 0.392. The van der Waals surface area contributed by atoms with Crippen LogP contribution in [0.15, 0.2) is 24.3 Å². The molecule has 1 unspecified atom stereocenters. The number of hydrogen-bond donors (Lipinski definition) is 0. The van der Waals surface area contributed by atoms with E-state index in [0.717, 1.165) is 25.4 Å². The van der Waals surface area contributed by atoms with E-state index in [2.05, 4.69) is 57.0 Å². The first-order chi connectivity index (χ1) is 7.70. The Bertz CT molecular complexity index is 194. The molecular weight excluding hydrogens is 194 g/mol. The van der Waals surface area contributed by atoms with Gasteiger partial charge in [-0.05, 0) is 32.4 Å². The highest BCUT2D eigenvalue weighted by atomic mass is 15.1. The summed E-state index contributed by atoms with van der Waals surface area (Å²) in [4.78, 5) is 2.30. The molecule has 1 nitrogen and oxygen atoms in total. The normalized spacial score (nSPS) is 14.3. The molecule has 0 spiro atoms. The van der Waals surface area contributed by atoms with Gasteiger partial charge in [-0.15, -0.1) is 0 Å². The van der Waals surface area contributed by atoms with Crippen LogP contribution in [0.1, 0.15) is 46.5 Å². The Morgan fingerprint density at radius 2 is 1.75 bits per heavy atom. The van der Waals surface area contributed by atoms with Gasteiger partial charge >= 0.3 is 0 Å². The van der Waals surface area contributed by atoms with Crippen LogP contribution in [0.5, 0.6) is 0 Å². The van der Waals surface area contributed by atoms with Crippen molar-refractivity contribution in [1.29, 1.82) is 0 Å². The summed E-state index contributed by atoms with van der Waals surface area (Å²) < 4.78 is 0. The van der Waals surface area contributed by atoms with Gasteiger partial charge < -0.3 is 4.90 Å². The summed E-state index contributed by atoms with van der Waals surface area (Å²) in [5.41, 5.74) is 0. The molecule has 0 saturated carbocycles. The average molecular weight is 223 g/mol. The van der Waals surface area contributed by atoms with Crippen molar-refractivity contribution in [2.75, 3.05) is 20.1 Å². The quantitative estimate of drug-likeness (QED) is 0.528. The zero-order valence-corrected chi connectivity index (χ0v) is 11.6. The number of likely N-dealkylation sites (N-methyl/N-ethyl adjacent to an activating group) is 1. The Kier molecular flexibility index (Phi) is 10.6. The molecule has 0 aromatic carbocycles. The van der Waals surface area contributed by atoms with Gasteiger partial charge in [0.15, 0.2) is 0 Å². The van der Waals surface area contributed by atoms with Gasteiger partial charge in [-0.25, -0.2) is 0 Å². The van der Waals surface area contributed by atoms with Gasteiger partial charge in [-0.2, -0.15) is 0 Å². The molecule has 0 bridgehead atoms. The Labute approximate surface area is 102 Å². The van der Waals surface area contributed by atoms with Crippen LogP contribution in [-0.2, 0) is 0 Å². The molecule has 94 valence electrons. The molecule has 16 heavy (non-hydrogen) atoms. The molecule has 0 saturated heterocycles. The van der Waals surface area contributed by atoms with Gasteiger partial charge in [0.2, 0.25) is 0 Å². The standard InChI is InChI=1S/C15H29N/c1-5-12-15(3)13-10-8-7-9-11-14-16(4)6-2/h8-11,15H,5-7,12-14H2,1-4H3/b10-8-,11-9-. The minimum Gasteiger partial charge on any atom is -0.303 e. The molecule has 0 aliphatic rings. The van der Waals surface area contributed by atoms with E-state index in [1.165, 1.54) is 19.3 Å². The van der Waals surface area contributed by atoms with E-state index in [1.54, 1.807) is 0 Å². The molecule has 0 amide bonds. The first kappa shape index (κ1) is 15.4. The molecule has 0 fully saturated rings. The summed E-state index contributed by atoms with van der Waals surface area (Å²) in [5.74, 6) is 0.844. The van der Waals surface area contributed by atoms with E-state index in [9.17, 15) is 0 Å². The van der Waals surface area contributed by atoms with Crippen molar-refractivity contribution in [3.05, 3.63) is 24.3 Å². The van der Waals surface area contributed by atoms with Crippen molar-refractivity contribution < 1.29 is 0 Å². The minimum atomic E-state index is 0.844. The van der Waals surface area contributed by atoms with Crippen LogP contribution in [0.3, 0.4) is 0 Å². The van der Waals surface area contributed by atoms with E-state index in [0.29, 0.717) is 0 Å². The van der Waals surface area contributed by atoms with Crippen molar-refractivity contribution >= 4 is 0 Å². The van der Waals surface area contributed by atoms with Crippen LogP contribution < -0.4 is 0 Å². The SMILES string of the molecule is CCCC(C)C/C=C\C/C=C\CN(C)CC. The molecule has 0 rings (SSSR count). The first-order valence-electron chi connectivity index (χ1n) is 6.69. The van der Waals surface area contributed by atoms with E-state index in [4.69, 9.17) is 0 Å². The van der Waals surface area contributed by atoms with Crippen LogP contribution in [0.4, 0.5) is 0 Å². The molecule has 1 atom stereocenters. The summed E-state index contributed by atoms with van der Waals surface area (Å²) in [6, 6.07) is 0. The maximum Gasteiger partial charge on any atom is 0.0160 e. The fourth-order valence-electron chi connectivity index (χ4n) is 1.59. The summed E-state index contributed by atoms with van der Waals surface area (Å²) in [6.07, 6.45) is 14.1. The van der Waals surface area contributed by atoms with Crippen molar-refractivity contribution in [3.63, 3.8) is 0 Å². The second-order valence-corrected chi connectivity index (χ2v) is 4.66. The van der Waals surface area contributed by atoms with Crippen molar-refractivity contribution in [2.45, 2.75) is 46.5 Å². The Balaban J connectivity index is 3.46. The predicted molar refractivity (Wildman–Crippen MR) is 74.8 cm³/mol. The number of nitrogens with zero attached hydrogens (tertiary/aromatic N) is 1. The highest BCUT2D eigenvalue weighted by Gasteiger charge is 1.95. The zero-order chi connectivity index (χ0) is 12.2. The lowest BCUT2D eigenvalue weighted by Gasteiger charge is -2.09. The Hall–Kier alpha value is -0.560. The molecule has 0 aliphatic heterocycles.